The molecule has 0 aliphatic rings. The first-order valence-corrected chi connectivity index (χ1v) is 6.63. The number of benzene rings is 1. The number of nitrogens with zero attached hydrogens (tertiary/aromatic N) is 2. The van der Waals surface area contributed by atoms with Crippen LogP contribution in [0.25, 0.3) is 0 Å². The fourth-order valence-electron chi connectivity index (χ4n) is 1.40. The zero-order valence-corrected chi connectivity index (χ0v) is 11.2. The molecule has 0 atom stereocenters. The van der Waals surface area contributed by atoms with Crippen molar-refractivity contribution < 1.29 is 17.9 Å². The number of amides is 1. The zero-order chi connectivity index (χ0) is 14.5. The summed E-state index contributed by atoms with van der Waals surface area (Å²) in [6.45, 7) is 1.10. The number of rotatable bonds is 4. The molecule has 1 aromatic carbocycles. The van der Waals surface area contributed by atoms with E-state index in [9.17, 15) is 13.2 Å². The molecule has 0 saturated heterocycles. The maximum Gasteiger partial charge on any atom is 0.284 e. The molecule has 0 bridgehead atoms. The Morgan fingerprint density at radius 2 is 1.95 bits per heavy atom. The fraction of sp³-hybridized carbons (Fsp3) is 0.167. The molecular weight excluding hydrogens is 268 g/mol. The van der Waals surface area contributed by atoms with Gasteiger partial charge in [-0.1, -0.05) is 18.2 Å². The highest BCUT2D eigenvalue weighted by atomic mass is 32.2. The first kappa shape index (κ1) is 14.7. The molecule has 0 fully saturated rings. The number of carbonyl (C=O) groups is 1. The van der Waals surface area contributed by atoms with Crippen molar-refractivity contribution >= 4 is 21.6 Å². The number of nitriles is 1. The van der Waals surface area contributed by atoms with E-state index in [-0.39, 0.29) is 5.69 Å². The van der Waals surface area contributed by atoms with E-state index in [2.05, 4.69) is 4.74 Å². The van der Waals surface area contributed by atoms with Gasteiger partial charge in [0.1, 0.15) is 12.3 Å². The molecule has 100 valence electrons. The predicted molar refractivity (Wildman–Crippen MR) is 69.2 cm³/mol. The largest absolute Gasteiger partial charge is 0.502 e. The molecule has 0 heterocycles. The maximum atomic E-state index is 12.2. The number of anilines is 1. The summed E-state index contributed by atoms with van der Waals surface area (Å²) in [5.41, 5.74) is 0.159. The first-order valence-electron chi connectivity index (χ1n) is 5.19. The molecule has 1 amide bonds. The number of methoxy groups -OCH3 is 1. The molecule has 7 heteroatoms. The number of allylic oxidation sites excluding steroid dienone is 1. The van der Waals surface area contributed by atoms with E-state index in [1.54, 1.807) is 18.2 Å². The van der Waals surface area contributed by atoms with E-state index in [0.29, 0.717) is 4.31 Å². The van der Waals surface area contributed by atoms with E-state index < -0.39 is 20.8 Å². The molecule has 0 aliphatic heterocycles. The van der Waals surface area contributed by atoms with Gasteiger partial charge in [0, 0.05) is 6.92 Å². The minimum Gasteiger partial charge on any atom is -0.502 e. The fourth-order valence-corrected chi connectivity index (χ4v) is 2.67. The number of hydrogen-bond donors (Lipinski definition) is 0. The molecule has 0 radical (unpaired) electrons. The molecule has 0 N–H and O–H groups in total. The third-order valence-electron chi connectivity index (χ3n) is 2.13. The van der Waals surface area contributed by atoms with Crippen LogP contribution in [-0.4, -0.2) is 21.4 Å². The van der Waals surface area contributed by atoms with Crippen LogP contribution >= 0.6 is 0 Å². The van der Waals surface area contributed by atoms with Gasteiger partial charge in [-0.3, -0.25) is 4.79 Å². The quantitative estimate of drug-likeness (QED) is 0.614. The molecule has 0 aliphatic carbocycles. The van der Waals surface area contributed by atoms with Gasteiger partial charge in [0.2, 0.25) is 5.91 Å². The van der Waals surface area contributed by atoms with Gasteiger partial charge >= 0.3 is 0 Å². The Labute approximate surface area is 111 Å². The van der Waals surface area contributed by atoms with Crippen molar-refractivity contribution in [3.8, 4) is 6.07 Å². The summed E-state index contributed by atoms with van der Waals surface area (Å²) in [6, 6.07) is 9.29. The minimum atomic E-state index is -4.27. The average Bonchev–Trinajstić information content (AvgIpc) is 2.36. The number of ether oxygens (including phenoxy) is 1. The van der Waals surface area contributed by atoms with Crippen LogP contribution in [0.1, 0.15) is 6.92 Å². The number of carbonyl (C=O) groups excluding carboxylic acids is 1. The predicted octanol–water partition coefficient (Wildman–Crippen LogP) is 1.38. The Balaban J connectivity index is 3.41. The molecular formula is C12H12N2O4S. The van der Waals surface area contributed by atoms with E-state index >= 15 is 0 Å². The van der Waals surface area contributed by atoms with Crippen LogP contribution in [0.15, 0.2) is 41.5 Å². The molecule has 0 saturated carbocycles. The first-order chi connectivity index (χ1) is 8.95. The topological polar surface area (TPSA) is 87.5 Å². The zero-order valence-electron chi connectivity index (χ0n) is 10.4. The van der Waals surface area contributed by atoms with Gasteiger partial charge in [-0.05, 0) is 12.1 Å². The number of para-hydroxylation sites is 1. The van der Waals surface area contributed by atoms with Gasteiger partial charge in [-0.25, -0.2) is 4.31 Å². The lowest BCUT2D eigenvalue weighted by Crippen LogP contribution is -2.35. The highest BCUT2D eigenvalue weighted by Gasteiger charge is 2.31. The Bertz CT molecular complexity index is 629. The normalized spacial score (nSPS) is 11.5. The Hall–Kier alpha value is -2.33. The molecule has 1 rings (SSSR count). The number of sulfonamides is 1. The van der Waals surface area contributed by atoms with Crippen LogP contribution in [-0.2, 0) is 19.6 Å². The van der Waals surface area contributed by atoms with Crippen molar-refractivity contribution in [3.05, 3.63) is 41.5 Å². The van der Waals surface area contributed by atoms with Crippen LogP contribution < -0.4 is 4.31 Å². The van der Waals surface area contributed by atoms with E-state index in [0.717, 1.165) is 13.2 Å². The van der Waals surface area contributed by atoms with Gasteiger partial charge in [-0.15, -0.1) is 0 Å². The van der Waals surface area contributed by atoms with Crippen LogP contribution in [0.5, 0.6) is 0 Å². The highest BCUT2D eigenvalue weighted by molar-refractivity contribution is 7.97. The minimum absolute atomic E-state index is 0.159. The maximum absolute atomic E-state index is 12.2. The summed E-state index contributed by atoms with van der Waals surface area (Å²) in [5, 5.41) is 8.85. The van der Waals surface area contributed by atoms with Crippen LogP contribution in [0, 0.1) is 11.3 Å². The van der Waals surface area contributed by atoms with E-state index in [1.807, 2.05) is 0 Å². The second-order valence-electron chi connectivity index (χ2n) is 3.45. The summed E-state index contributed by atoms with van der Waals surface area (Å²) in [6.07, 6.45) is 0.786. The van der Waals surface area contributed by atoms with Crippen LogP contribution in [0.4, 0.5) is 5.69 Å². The molecule has 0 aromatic heterocycles. The number of hydrogen-bond acceptors (Lipinski definition) is 5. The van der Waals surface area contributed by atoms with Gasteiger partial charge in [0.25, 0.3) is 10.0 Å². The summed E-state index contributed by atoms with van der Waals surface area (Å²) in [7, 11) is -3.05. The van der Waals surface area contributed by atoms with Crippen LogP contribution in [0.3, 0.4) is 0 Å². The monoisotopic (exact) mass is 280 g/mol. The lowest BCUT2D eigenvalue weighted by atomic mass is 10.3. The highest BCUT2D eigenvalue weighted by Crippen LogP contribution is 2.22. The van der Waals surface area contributed by atoms with Crippen molar-refractivity contribution in [3.63, 3.8) is 0 Å². The van der Waals surface area contributed by atoms with Gasteiger partial charge in [-0.2, -0.15) is 13.7 Å². The van der Waals surface area contributed by atoms with Gasteiger partial charge in [0.15, 0.2) is 4.91 Å². The average molecular weight is 280 g/mol. The van der Waals surface area contributed by atoms with Crippen LogP contribution in [0.2, 0.25) is 0 Å². The molecule has 19 heavy (non-hydrogen) atoms. The van der Waals surface area contributed by atoms with Crippen molar-refractivity contribution in [2.24, 2.45) is 0 Å². The lowest BCUT2D eigenvalue weighted by Gasteiger charge is -2.20. The summed E-state index contributed by atoms with van der Waals surface area (Å²) in [5.74, 6) is -0.719. The smallest absolute Gasteiger partial charge is 0.284 e. The van der Waals surface area contributed by atoms with Crippen molar-refractivity contribution in [1.29, 1.82) is 5.26 Å². The van der Waals surface area contributed by atoms with Gasteiger partial charge in [0.05, 0.1) is 12.8 Å². The Morgan fingerprint density at radius 1 is 1.37 bits per heavy atom. The third-order valence-corrected chi connectivity index (χ3v) is 3.82. The van der Waals surface area contributed by atoms with Crippen molar-refractivity contribution in [1.82, 2.24) is 0 Å². The lowest BCUT2D eigenvalue weighted by molar-refractivity contribution is -0.115. The Morgan fingerprint density at radius 3 is 2.37 bits per heavy atom. The molecule has 6 nitrogen and oxygen atoms in total. The molecule has 0 unspecified atom stereocenters. The second kappa shape index (κ2) is 6.02. The molecule has 0 spiro atoms. The summed E-state index contributed by atoms with van der Waals surface area (Å²) in [4.78, 5) is 10.9. The third kappa shape index (κ3) is 3.11. The summed E-state index contributed by atoms with van der Waals surface area (Å²) < 4.78 is 29.6. The van der Waals surface area contributed by atoms with E-state index in [4.69, 9.17) is 5.26 Å². The Kier molecular flexibility index (Phi) is 4.67. The van der Waals surface area contributed by atoms with Crippen molar-refractivity contribution in [2.45, 2.75) is 6.92 Å². The van der Waals surface area contributed by atoms with Gasteiger partial charge < -0.3 is 4.74 Å². The molecule has 1 aromatic rings. The standard InChI is InChI=1S/C12H12N2O4S/c1-10(15)14(11-6-4-3-5-7-11)19(16,17)12(8-13)9-18-2/h3-7,9H,1-2H3/b12-9+. The SMILES string of the molecule is CO/C=C(\C#N)S(=O)(=O)N(C(C)=O)c1ccccc1. The summed E-state index contributed by atoms with van der Waals surface area (Å²) >= 11 is 0. The second-order valence-corrected chi connectivity index (χ2v) is 5.21. The van der Waals surface area contributed by atoms with Crippen molar-refractivity contribution in [2.75, 3.05) is 11.4 Å². The van der Waals surface area contributed by atoms with E-state index in [1.165, 1.54) is 25.3 Å².